The summed E-state index contributed by atoms with van der Waals surface area (Å²) in [7, 11) is 3.39. The fourth-order valence-corrected chi connectivity index (χ4v) is 3.10. The Hall–Kier alpha value is -4.31. The minimum absolute atomic E-state index is 0.0236. The van der Waals surface area contributed by atoms with Gasteiger partial charge >= 0.3 is 0 Å². The highest BCUT2D eigenvalue weighted by molar-refractivity contribution is 6.03. The van der Waals surface area contributed by atoms with Crippen LogP contribution in [0.25, 0.3) is 11.3 Å². The SMILES string of the molecule is COCCn1cccc(C(=O)Nc2ccc(Oc3ccnc(-c4cnn(C)c4)c3)cn2)c1=O. The number of carbonyl (C=O) groups excluding carboxylic acids is 1. The van der Waals surface area contributed by atoms with Crippen molar-refractivity contribution in [3.8, 4) is 22.8 Å². The summed E-state index contributed by atoms with van der Waals surface area (Å²) in [5.41, 5.74) is 1.24. The molecule has 10 heteroatoms. The highest BCUT2D eigenvalue weighted by atomic mass is 16.5. The van der Waals surface area contributed by atoms with Crippen LogP contribution >= 0.6 is 0 Å². The van der Waals surface area contributed by atoms with Gasteiger partial charge in [-0.1, -0.05) is 0 Å². The van der Waals surface area contributed by atoms with Gasteiger partial charge in [-0.3, -0.25) is 19.3 Å². The van der Waals surface area contributed by atoms with Gasteiger partial charge in [-0.25, -0.2) is 4.98 Å². The minimum atomic E-state index is -0.539. The second kappa shape index (κ2) is 9.88. The van der Waals surface area contributed by atoms with Crippen LogP contribution in [0.15, 0.2) is 72.2 Å². The summed E-state index contributed by atoms with van der Waals surface area (Å²) in [6, 6.07) is 9.93. The van der Waals surface area contributed by atoms with Gasteiger partial charge in [-0.15, -0.1) is 0 Å². The Morgan fingerprint density at radius 3 is 2.73 bits per heavy atom. The molecule has 0 radical (unpaired) electrons. The number of nitrogens with zero attached hydrogens (tertiary/aromatic N) is 5. The zero-order valence-corrected chi connectivity index (χ0v) is 18.1. The maximum Gasteiger partial charge on any atom is 0.263 e. The standard InChI is InChI=1S/C23H22N6O4/c1-28-15-16(13-26-28)20-12-17(7-8-24-20)33-18-5-6-21(25-14-18)27-22(30)19-4-3-9-29(23(19)31)10-11-32-2/h3-9,12-15H,10-11H2,1-2H3,(H,25,27,30). The van der Waals surface area contributed by atoms with Crippen molar-refractivity contribution >= 4 is 11.7 Å². The molecule has 0 aliphatic rings. The first-order valence-electron chi connectivity index (χ1n) is 10.1. The van der Waals surface area contributed by atoms with E-state index in [0.29, 0.717) is 30.5 Å². The number of hydrogen-bond acceptors (Lipinski definition) is 7. The smallest absolute Gasteiger partial charge is 0.263 e. The Bertz CT molecular complexity index is 1310. The highest BCUT2D eigenvalue weighted by Crippen LogP contribution is 2.25. The number of aryl methyl sites for hydroxylation is 1. The van der Waals surface area contributed by atoms with Gasteiger partial charge in [-0.05, 0) is 30.3 Å². The van der Waals surface area contributed by atoms with Crippen LogP contribution in [-0.2, 0) is 18.3 Å². The molecule has 1 amide bonds. The molecule has 0 saturated heterocycles. The summed E-state index contributed by atoms with van der Waals surface area (Å²) in [4.78, 5) is 33.6. The summed E-state index contributed by atoms with van der Waals surface area (Å²) < 4.78 is 14.0. The lowest BCUT2D eigenvalue weighted by atomic mass is 10.2. The predicted molar refractivity (Wildman–Crippen MR) is 121 cm³/mol. The third kappa shape index (κ3) is 5.31. The lowest BCUT2D eigenvalue weighted by Crippen LogP contribution is -2.29. The Kier molecular flexibility index (Phi) is 6.56. The van der Waals surface area contributed by atoms with Crippen molar-refractivity contribution in [3.63, 3.8) is 0 Å². The minimum Gasteiger partial charge on any atom is -0.456 e. The van der Waals surface area contributed by atoms with Gasteiger partial charge < -0.3 is 19.4 Å². The largest absolute Gasteiger partial charge is 0.456 e. The van der Waals surface area contributed by atoms with Crippen molar-refractivity contribution in [2.24, 2.45) is 7.05 Å². The molecule has 0 aliphatic heterocycles. The van der Waals surface area contributed by atoms with E-state index in [1.807, 2.05) is 13.2 Å². The molecule has 4 aromatic rings. The van der Waals surface area contributed by atoms with E-state index in [-0.39, 0.29) is 5.56 Å². The zero-order valence-electron chi connectivity index (χ0n) is 18.1. The fraction of sp³-hybridized carbons (Fsp3) is 0.174. The molecule has 0 atom stereocenters. The fourth-order valence-electron chi connectivity index (χ4n) is 3.10. The Balaban J connectivity index is 1.43. The number of rotatable bonds is 8. The average molecular weight is 446 g/mol. The first kappa shape index (κ1) is 21.9. The Labute approximate surface area is 189 Å². The molecule has 0 saturated carbocycles. The van der Waals surface area contributed by atoms with Gasteiger partial charge in [0, 0.05) is 50.9 Å². The Morgan fingerprint density at radius 2 is 2.00 bits per heavy atom. The van der Waals surface area contributed by atoms with E-state index in [1.165, 1.54) is 16.8 Å². The number of methoxy groups -OCH3 is 1. The van der Waals surface area contributed by atoms with Crippen molar-refractivity contribution < 1.29 is 14.3 Å². The summed E-state index contributed by atoms with van der Waals surface area (Å²) >= 11 is 0. The van der Waals surface area contributed by atoms with Crippen LogP contribution in [0.1, 0.15) is 10.4 Å². The summed E-state index contributed by atoms with van der Waals surface area (Å²) in [5, 5.41) is 6.79. The van der Waals surface area contributed by atoms with Crippen molar-refractivity contribution in [2.45, 2.75) is 6.54 Å². The quantitative estimate of drug-likeness (QED) is 0.443. The molecule has 0 bridgehead atoms. The predicted octanol–water partition coefficient (Wildman–Crippen LogP) is 2.73. The van der Waals surface area contributed by atoms with Gasteiger partial charge in [0.1, 0.15) is 22.9 Å². The summed E-state index contributed by atoms with van der Waals surface area (Å²) in [6.45, 7) is 0.730. The summed E-state index contributed by atoms with van der Waals surface area (Å²) in [6.07, 6.45) is 8.34. The van der Waals surface area contributed by atoms with Gasteiger partial charge in [0.05, 0.1) is 24.7 Å². The third-order valence-corrected chi connectivity index (χ3v) is 4.75. The molecule has 33 heavy (non-hydrogen) atoms. The molecule has 10 nitrogen and oxygen atoms in total. The van der Waals surface area contributed by atoms with Crippen LogP contribution in [0.3, 0.4) is 0 Å². The molecule has 168 valence electrons. The first-order chi connectivity index (χ1) is 16.0. The lowest BCUT2D eigenvalue weighted by molar-refractivity contribution is 0.102. The van der Waals surface area contributed by atoms with E-state index < -0.39 is 11.5 Å². The number of aromatic nitrogens is 5. The van der Waals surface area contributed by atoms with Crippen LogP contribution in [0.5, 0.6) is 11.5 Å². The first-order valence-corrected chi connectivity index (χ1v) is 10.1. The molecular weight excluding hydrogens is 424 g/mol. The molecule has 0 spiro atoms. The second-order valence-corrected chi connectivity index (χ2v) is 7.13. The third-order valence-electron chi connectivity index (χ3n) is 4.75. The van der Waals surface area contributed by atoms with Crippen LogP contribution in [0.2, 0.25) is 0 Å². The Morgan fingerprint density at radius 1 is 1.12 bits per heavy atom. The molecule has 1 N–H and O–H groups in total. The van der Waals surface area contributed by atoms with Gasteiger partial charge in [0.2, 0.25) is 0 Å². The van der Waals surface area contributed by atoms with Crippen LogP contribution in [0, 0.1) is 0 Å². The molecular formula is C23H22N6O4. The molecule has 4 heterocycles. The monoisotopic (exact) mass is 446 g/mol. The highest BCUT2D eigenvalue weighted by Gasteiger charge is 2.13. The van der Waals surface area contributed by atoms with E-state index in [9.17, 15) is 9.59 Å². The van der Waals surface area contributed by atoms with Crippen molar-refractivity contribution in [2.75, 3.05) is 19.0 Å². The topological polar surface area (TPSA) is 113 Å². The van der Waals surface area contributed by atoms with E-state index in [0.717, 1.165) is 11.3 Å². The van der Waals surface area contributed by atoms with Crippen molar-refractivity contribution in [1.82, 2.24) is 24.3 Å². The van der Waals surface area contributed by atoms with Crippen LogP contribution in [0.4, 0.5) is 5.82 Å². The molecule has 4 rings (SSSR count). The lowest BCUT2D eigenvalue weighted by Gasteiger charge is -2.09. The van der Waals surface area contributed by atoms with Crippen LogP contribution in [-0.4, -0.2) is 43.9 Å². The van der Waals surface area contributed by atoms with Crippen molar-refractivity contribution in [1.29, 1.82) is 0 Å². The number of pyridine rings is 3. The number of carbonyl (C=O) groups is 1. The average Bonchev–Trinajstić information content (AvgIpc) is 3.26. The number of hydrogen-bond donors (Lipinski definition) is 1. The zero-order chi connectivity index (χ0) is 23.2. The molecule has 0 unspecified atom stereocenters. The van der Waals surface area contributed by atoms with E-state index in [4.69, 9.17) is 9.47 Å². The normalized spacial score (nSPS) is 10.7. The molecule has 4 aromatic heterocycles. The number of nitrogens with one attached hydrogen (secondary N) is 1. The molecule has 0 aliphatic carbocycles. The summed E-state index contributed by atoms with van der Waals surface area (Å²) in [5.74, 6) is 0.828. The number of ether oxygens (including phenoxy) is 2. The van der Waals surface area contributed by atoms with Gasteiger partial charge in [0.25, 0.3) is 11.5 Å². The van der Waals surface area contributed by atoms with E-state index in [1.54, 1.807) is 60.7 Å². The van der Waals surface area contributed by atoms with E-state index >= 15 is 0 Å². The molecule has 0 fully saturated rings. The number of amides is 1. The van der Waals surface area contributed by atoms with Gasteiger partial charge in [0.15, 0.2) is 0 Å². The number of anilines is 1. The van der Waals surface area contributed by atoms with Gasteiger partial charge in [-0.2, -0.15) is 5.10 Å². The maximum atomic E-state index is 12.6. The molecule has 0 aromatic carbocycles. The van der Waals surface area contributed by atoms with Crippen molar-refractivity contribution in [3.05, 3.63) is 83.3 Å². The van der Waals surface area contributed by atoms with E-state index in [2.05, 4.69) is 20.4 Å². The van der Waals surface area contributed by atoms with Crippen LogP contribution < -0.4 is 15.6 Å². The maximum absolute atomic E-state index is 12.6. The second-order valence-electron chi connectivity index (χ2n) is 7.13.